The summed E-state index contributed by atoms with van der Waals surface area (Å²) in [6, 6.07) is 15.9. The number of aromatic amines is 1. The number of thioether (sulfide) groups is 1. The molecule has 4 aromatic rings. The van der Waals surface area contributed by atoms with Crippen LogP contribution < -0.4 is 5.56 Å². The molecule has 28 heavy (non-hydrogen) atoms. The van der Waals surface area contributed by atoms with Crippen LogP contribution in [-0.2, 0) is 11.9 Å². The standard InChI is InChI=1S/C19H13F3N4OS/c20-19(21,22)14-8-4-5-12(9-14)11-28-18-25-24-17-23-16(27)10-15(26(17)18)13-6-2-1-3-7-13/h1-10H,11H2,(H,23,24,27). The molecular formula is C19H13F3N4OS. The molecule has 0 aliphatic carbocycles. The van der Waals surface area contributed by atoms with Crippen LogP contribution in [0.4, 0.5) is 13.2 Å². The van der Waals surface area contributed by atoms with Crippen LogP contribution in [0.25, 0.3) is 17.0 Å². The number of benzene rings is 2. The predicted octanol–water partition coefficient (Wildman–Crippen LogP) is 4.40. The second-order valence-electron chi connectivity index (χ2n) is 6.01. The Morgan fingerprint density at radius 3 is 2.54 bits per heavy atom. The van der Waals surface area contributed by atoms with Crippen molar-refractivity contribution in [1.29, 1.82) is 0 Å². The van der Waals surface area contributed by atoms with Crippen molar-refractivity contribution in [1.82, 2.24) is 19.6 Å². The summed E-state index contributed by atoms with van der Waals surface area (Å²) in [6.45, 7) is 0. The molecule has 4 rings (SSSR count). The molecule has 0 spiro atoms. The second kappa shape index (κ2) is 7.16. The van der Waals surface area contributed by atoms with Crippen molar-refractivity contribution in [3.05, 3.63) is 82.1 Å². The van der Waals surface area contributed by atoms with Crippen LogP contribution >= 0.6 is 11.8 Å². The molecule has 0 saturated heterocycles. The van der Waals surface area contributed by atoms with Crippen LogP contribution in [0.2, 0.25) is 0 Å². The summed E-state index contributed by atoms with van der Waals surface area (Å²) in [5.41, 5.74) is 0.927. The number of H-pyrrole nitrogens is 1. The molecule has 1 N–H and O–H groups in total. The van der Waals surface area contributed by atoms with Crippen molar-refractivity contribution in [3.63, 3.8) is 0 Å². The number of fused-ring (bicyclic) bond motifs is 1. The van der Waals surface area contributed by atoms with E-state index in [0.717, 1.165) is 17.7 Å². The molecule has 0 amide bonds. The van der Waals surface area contributed by atoms with E-state index in [4.69, 9.17) is 0 Å². The predicted molar refractivity (Wildman–Crippen MR) is 100 cm³/mol. The average molecular weight is 402 g/mol. The highest BCUT2D eigenvalue weighted by Gasteiger charge is 2.30. The fourth-order valence-electron chi connectivity index (χ4n) is 2.80. The molecule has 0 unspecified atom stereocenters. The first-order chi connectivity index (χ1) is 13.4. The Morgan fingerprint density at radius 1 is 1.00 bits per heavy atom. The van der Waals surface area contributed by atoms with Gasteiger partial charge < -0.3 is 0 Å². The monoisotopic (exact) mass is 402 g/mol. The molecule has 0 aliphatic rings. The Balaban J connectivity index is 1.70. The number of nitrogens with zero attached hydrogens (tertiary/aromatic N) is 3. The summed E-state index contributed by atoms with van der Waals surface area (Å²) in [6.07, 6.45) is -4.39. The van der Waals surface area contributed by atoms with E-state index in [1.54, 1.807) is 10.5 Å². The summed E-state index contributed by atoms with van der Waals surface area (Å²) >= 11 is 1.24. The topological polar surface area (TPSA) is 63.1 Å². The lowest BCUT2D eigenvalue weighted by molar-refractivity contribution is -0.137. The molecule has 2 aromatic carbocycles. The van der Waals surface area contributed by atoms with Crippen molar-refractivity contribution in [2.45, 2.75) is 17.1 Å². The maximum Gasteiger partial charge on any atom is 0.416 e. The quantitative estimate of drug-likeness (QED) is 0.514. The lowest BCUT2D eigenvalue weighted by atomic mass is 10.1. The second-order valence-corrected chi connectivity index (χ2v) is 6.96. The molecule has 0 saturated carbocycles. The van der Waals surface area contributed by atoms with E-state index in [9.17, 15) is 18.0 Å². The zero-order valence-corrected chi connectivity index (χ0v) is 15.1. The molecular weight excluding hydrogens is 389 g/mol. The van der Waals surface area contributed by atoms with E-state index in [1.807, 2.05) is 30.3 Å². The molecule has 2 heterocycles. The fourth-order valence-corrected chi connectivity index (χ4v) is 3.69. The summed E-state index contributed by atoms with van der Waals surface area (Å²) in [7, 11) is 0. The van der Waals surface area contributed by atoms with Crippen LogP contribution in [0.1, 0.15) is 11.1 Å². The maximum absolute atomic E-state index is 12.9. The van der Waals surface area contributed by atoms with Gasteiger partial charge in [-0.1, -0.05) is 60.3 Å². The van der Waals surface area contributed by atoms with E-state index < -0.39 is 11.7 Å². The summed E-state index contributed by atoms with van der Waals surface area (Å²) < 4.78 is 40.4. The van der Waals surface area contributed by atoms with E-state index in [-0.39, 0.29) is 17.1 Å². The Bertz CT molecular complexity index is 1190. The van der Waals surface area contributed by atoms with Gasteiger partial charge >= 0.3 is 6.18 Å². The normalized spacial score (nSPS) is 11.8. The van der Waals surface area contributed by atoms with Gasteiger partial charge in [0, 0.05) is 11.8 Å². The largest absolute Gasteiger partial charge is 0.416 e. The summed E-state index contributed by atoms with van der Waals surface area (Å²) in [5, 5.41) is 8.56. The molecule has 0 aliphatic heterocycles. The third kappa shape index (κ3) is 3.65. The van der Waals surface area contributed by atoms with Gasteiger partial charge in [-0.3, -0.25) is 14.2 Å². The van der Waals surface area contributed by atoms with Gasteiger partial charge in [0.2, 0.25) is 5.78 Å². The highest BCUT2D eigenvalue weighted by molar-refractivity contribution is 7.98. The molecule has 142 valence electrons. The zero-order valence-electron chi connectivity index (χ0n) is 14.3. The van der Waals surface area contributed by atoms with Gasteiger partial charge in [-0.05, 0) is 17.2 Å². The van der Waals surface area contributed by atoms with Gasteiger partial charge in [-0.2, -0.15) is 13.2 Å². The first-order valence-corrected chi connectivity index (χ1v) is 9.23. The minimum atomic E-state index is -4.39. The van der Waals surface area contributed by atoms with Crippen LogP contribution in [-0.4, -0.2) is 19.6 Å². The lowest BCUT2D eigenvalue weighted by Gasteiger charge is -2.09. The van der Waals surface area contributed by atoms with Crippen molar-refractivity contribution >= 4 is 17.5 Å². The van der Waals surface area contributed by atoms with Crippen LogP contribution in [0.5, 0.6) is 0 Å². The van der Waals surface area contributed by atoms with Gasteiger partial charge in [-0.25, -0.2) is 0 Å². The minimum Gasteiger partial charge on any atom is -0.291 e. The number of alkyl halides is 3. The van der Waals surface area contributed by atoms with Crippen molar-refractivity contribution in [2.75, 3.05) is 0 Å². The molecule has 0 bridgehead atoms. The van der Waals surface area contributed by atoms with Gasteiger partial charge in [-0.15, -0.1) is 10.2 Å². The first kappa shape index (κ1) is 18.3. The number of nitrogens with one attached hydrogen (secondary N) is 1. The van der Waals surface area contributed by atoms with E-state index >= 15 is 0 Å². The molecule has 0 atom stereocenters. The van der Waals surface area contributed by atoms with E-state index in [1.165, 1.54) is 23.9 Å². The van der Waals surface area contributed by atoms with E-state index in [0.29, 0.717) is 16.4 Å². The highest BCUT2D eigenvalue weighted by atomic mass is 32.2. The number of rotatable bonds is 4. The molecule has 0 fully saturated rings. The number of hydrogen-bond donors (Lipinski definition) is 1. The average Bonchev–Trinajstić information content (AvgIpc) is 3.08. The van der Waals surface area contributed by atoms with Crippen molar-refractivity contribution in [2.24, 2.45) is 0 Å². The maximum atomic E-state index is 12.9. The minimum absolute atomic E-state index is 0.276. The fraction of sp³-hybridized carbons (Fsp3) is 0.105. The third-order valence-corrected chi connectivity index (χ3v) is 5.07. The van der Waals surface area contributed by atoms with Gasteiger partial charge in [0.15, 0.2) is 5.16 Å². The number of aromatic nitrogens is 4. The first-order valence-electron chi connectivity index (χ1n) is 8.24. The van der Waals surface area contributed by atoms with E-state index in [2.05, 4.69) is 15.2 Å². The Kier molecular flexibility index (Phi) is 4.68. The molecule has 0 radical (unpaired) electrons. The van der Waals surface area contributed by atoms with Crippen LogP contribution in [0.3, 0.4) is 0 Å². The molecule has 2 aromatic heterocycles. The molecule has 5 nitrogen and oxygen atoms in total. The van der Waals surface area contributed by atoms with Gasteiger partial charge in [0.25, 0.3) is 5.56 Å². The van der Waals surface area contributed by atoms with Crippen molar-refractivity contribution < 1.29 is 13.2 Å². The summed E-state index contributed by atoms with van der Waals surface area (Å²) in [4.78, 5) is 14.6. The zero-order chi connectivity index (χ0) is 19.7. The molecule has 9 heteroatoms. The Morgan fingerprint density at radius 2 is 1.79 bits per heavy atom. The lowest BCUT2D eigenvalue weighted by Crippen LogP contribution is -2.09. The third-order valence-electron chi connectivity index (χ3n) is 4.07. The SMILES string of the molecule is O=c1cc(-c2ccccc2)n2c(SCc3cccc(C(F)(F)F)c3)nnc2[nH]1. The smallest absolute Gasteiger partial charge is 0.291 e. The van der Waals surface area contributed by atoms with Crippen LogP contribution in [0.15, 0.2) is 70.6 Å². The van der Waals surface area contributed by atoms with Gasteiger partial charge in [0.1, 0.15) is 0 Å². The highest BCUT2D eigenvalue weighted by Crippen LogP contribution is 2.31. The Labute approximate surface area is 161 Å². The van der Waals surface area contributed by atoms with Crippen molar-refractivity contribution in [3.8, 4) is 11.3 Å². The summed E-state index contributed by atoms with van der Waals surface area (Å²) in [5.74, 6) is 0.552. The van der Waals surface area contributed by atoms with Gasteiger partial charge in [0.05, 0.1) is 11.3 Å². The van der Waals surface area contributed by atoms with Crippen LogP contribution in [0, 0.1) is 0 Å². The Hall–Kier alpha value is -3.07. The number of halogens is 3. The number of hydrogen-bond acceptors (Lipinski definition) is 4.